The molecule has 1 saturated carbocycles. The van der Waals surface area contributed by atoms with Gasteiger partial charge in [0.05, 0.1) is 5.56 Å². The van der Waals surface area contributed by atoms with Crippen LogP contribution >= 0.6 is 0 Å². The quantitative estimate of drug-likeness (QED) is 0.926. The van der Waals surface area contributed by atoms with E-state index in [2.05, 4.69) is 5.32 Å². The fourth-order valence-electron chi connectivity index (χ4n) is 2.92. The van der Waals surface area contributed by atoms with Crippen LogP contribution in [0.5, 0.6) is 0 Å². The van der Waals surface area contributed by atoms with Crippen LogP contribution in [0.25, 0.3) is 0 Å². The van der Waals surface area contributed by atoms with Crippen LogP contribution in [-0.4, -0.2) is 36.0 Å². The third kappa shape index (κ3) is 3.23. The minimum Gasteiger partial charge on any atom is -0.334 e. The summed E-state index contributed by atoms with van der Waals surface area (Å²) < 4.78 is 27.2. The zero-order valence-electron chi connectivity index (χ0n) is 11.9. The van der Waals surface area contributed by atoms with E-state index in [0.717, 1.165) is 44.7 Å². The van der Waals surface area contributed by atoms with Crippen LogP contribution in [0.2, 0.25) is 0 Å². The van der Waals surface area contributed by atoms with Gasteiger partial charge in [0.25, 0.3) is 5.91 Å². The van der Waals surface area contributed by atoms with Crippen molar-refractivity contribution >= 4 is 5.91 Å². The Morgan fingerprint density at radius 3 is 2.71 bits per heavy atom. The Morgan fingerprint density at radius 2 is 2.05 bits per heavy atom. The lowest BCUT2D eigenvalue weighted by atomic mass is 10.0. The van der Waals surface area contributed by atoms with Crippen molar-refractivity contribution in [3.8, 4) is 0 Å². The van der Waals surface area contributed by atoms with Gasteiger partial charge in [-0.3, -0.25) is 4.79 Å². The van der Waals surface area contributed by atoms with Gasteiger partial charge in [0.2, 0.25) is 0 Å². The fourth-order valence-corrected chi connectivity index (χ4v) is 2.92. The molecule has 0 aromatic heterocycles. The molecule has 5 heteroatoms. The lowest BCUT2D eigenvalue weighted by molar-refractivity contribution is 0.0712. The van der Waals surface area contributed by atoms with E-state index in [0.29, 0.717) is 6.54 Å². The van der Waals surface area contributed by atoms with Crippen LogP contribution in [0.15, 0.2) is 18.2 Å². The molecular weight excluding hydrogens is 274 g/mol. The van der Waals surface area contributed by atoms with Crippen molar-refractivity contribution in [2.45, 2.75) is 44.2 Å². The molecule has 1 saturated heterocycles. The summed E-state index contributed by atoms with van der Waals surface area (Å²) in [5.74, 6) is -2.39. The number of nitrogens with zero attached hydrogens (tertiary/aromatic N) is 1. The third-order valence-electron chi connectivity index (χ3n) is 4.26. The molecule has 2 aliphatic rings. The van der Waals surface area contributed by atoms with Gasteiger partial charge in [-0.05, 0) is 44.4 Å². The zero-order valence-corrected chi connectivity index (χ0v) is 11.9. The molecule has 0 bridgehead atoms. The maximum atomic E-state index is 13.8. The number of carbonyl (C=O) groups excluding carboxylic acids is 1. The van der Waals surface area contributed by atoms with Crippen molar-refractivity contribution in [1.29, 1.82) is 0 Å². The van der Waals surface area contributed by atoms with Crippen molar-refractivity contribution < 1.29 is 13.6 Å². The van der Waals surface area contributed by atoms with Crippen molar-refractivity contribution in [3.63, 3.8) is 0 Å². The second-order valence-electron chi connectivity index (χ2n) is 5.94. The normalized spacial score (nSPS) is 22.1. The van der Waals surface area contributed by atoms with Gasteiger partial charge in [0, 0.05) is 18.6 Å². The molecule has 0 radical (unpaired) electrons. The highest BCUT2D eigenvalue weighted by Gasteiger charge is 2.35. The second kappa shape index (κ2) is 6.10. The fraction of sp³-hybridized carbons (Fsp3) is 0.562. The van der Waals surface area contributed by atoms with Crippen LogP contribution in [0.3, 0.4) is 0 Å². The Morgan fingerprint density at radius 1 is 1.24 bits per heavy atom. The number of carbonyl (C=O) groups is 1. The molecule has 3 nitrogen and oxygen atoms in total. The first-order valence-electron chi connectivity index (χ1n) is 7.65. The summed E-state index contributed by atoms with van der Waals surface area (Å²) in [6.07, 6.45) is 5.25. The van der Waals surface area contributed by atoms with Crippen LogP contribution in [0, 0.1) is 11.6 Å². The molecule has 1 aliphatic heterocycles. The van der Waals surface area contributed by atoms with Crippen molar-refractivity contribution in [3.05, 3.63) is 35.4 Å². The summed E-state index contributed by atoms with van der Waals surface area (Å²) in [7, 11) is 0. The minimum atomic E-state index is -1.04. The van der Waals surface area contributed by atoms with E-state index < -0.39 is 11.6 Å². The van der Waals surface area contributed by atoms with Gasteiger partial charge >= 0.3 is 0 Å². The number of halogens is 2. The Kier molecular flexibility index (Phi) is 4.19. The van der Waals surface area contributed by atoms with E-state index in [9.17, 15) is 13.6 Å². The predicted octanol–water partition coefficient (Wildman–Crippen LogP) is 2.71. The van der Waals surface area contributed by atoms with Crippen LogP contribution in [-0.2, 0) is 0 Å². The molecule has 21 heavy (non-hydrogen) atoms. The van der Waals surface area contributed by atoms with Crippen molar-refractivity contribution in [1.82, 2.24) is 10.2 Å². The van der Waals surface area contributed by atoms with E-state index in [4.69, 9.17) is 0 Å². The molecule has 1 unspecified atom stereocenters. The number of amides is 1. The summed E-state index contributed by atoms with van der Waals surface area (Å²) >= 11 is 0. The summed E-state index contributed by atoms with van der Waals surface area (Å²) in [5.41, 5.74) is -0.155. The summed E-state index contributed by atoms with van der Waals surface area (Å²) in [4.78, 5) is 14.3. The van der Waals surface area contributed by atoms with Crippen LogP contribution in [0.4, 0.5) is 8.78 Å². The standard InChI is InChI=1S/C16H20F2N2O/c17-14-6-3-5-13(15(14)18)16(21)20(12-7-8-12)10-11-4-1-2-9-19-11/h3,5-6,11-12,19H,1-2,4,7-10H2. The average molecular weight is 294 g/mol. The molecule has 1 atom stereocenters. The summed E-state index contributed by atoms with van der Waals surface area (Å²) in [5, 5.41) is 3.40. The van der Waals surface area contributed by atoms with Crippen LogP contribution in [0.1, 0.15) is 42.5 Å². The topological polar surface area (TPSA) is 32.3 Å². The molecular formula is C16H20F2N2O. The summed E-state index contributed by atoms with van der Waals surface area (Å²) in [6.45, 7) is 1.55. The monoisotopic (exact) mass is 294 g/mol. The number of hydrogen-bond acceptors (Lipinski definition) is 2. The maximum Gasteiger partial charge on any atom is 0.257 e. The molecule has 1 aliphatic carbocycles. The molecule has 2 fully saturated rings. The maximum absolute atomic E-state index is 13.8. The Hall–Kier alpha value is -1.49. The van der Waals surface area contributed by atoms with Crippen molar-refractivity contribution in [2.75, 3.05) is 13.1 Å². The average Bonchev–Trinajstić information content (AvgIpc) is 3.33. The van der Waals surface area contributed by atoms with E-state index >= 15 is 0 Å². The van der Waals surface area contributed by atoms with Gasteiger partial charge in [-0.25, -0.2) is 8.78 Å². The van der Waals surface area contributed by atoms with E-state index in [1.165, 1.54) is 12.1 Å². The number of benzene rings is 1. The van der Waals surface area contributed by atoms with E-state index in [1.807, 2.05) is 0 Å². The Balaban J connectivity index is 1.76. The van der Waals surface area contributed by atoms with Gasteiger partial charge in [-0.1, -0.05) is 12.5 Å². The molecule has 1 heterocycles. The largest absolute Gasteiger partial charge is 0.334 e. The minimum absolute atomic E-state index is 0.155. The first kappa shape index (κ1) is 14.4. The van der Waals surface area contributed by atoms with Gasteiger partial charge in [-0.15, -0.1) is 0 Å². The number of hydrogen-bond donors (Lipinski definition) is 1. The van der Waals surface area contributed by atoms with Gasteiger partial charge in [-0.2, -0.15) is 0 Å². The highest BCUT2D eigenvalue weighted by molar-refractivity contribution is 5.95. The molecule has 0 spiro atoms. The van der Waals surface area contributed by atoms with Crippen molar-refractivity contribution in [2.24, 2.45) is 0 Å². The zero-order chi connectivity index (χ0) is 14.8. The molecule has 1 amide bonds. The van der Waals surface area contributed by atoms with E-state index in [-0.39, 0.29) is 23.6 Å². The second-order valence-corrected chi connectivity index (χ2v) is 5.94. The highest BCUT2D eigenvalue weighted by atomic mass is 19.2. The lowest BCUT2D eigenvalue weighted by Gasteiger charge is -2.31. The first-order valence-corrected chi connectivity index (χ1v) is 7.65. The third-order valence-corrected chi connectivity index (χ3v) is 4.26. The van der Waals surface area contributed by atoms with Gasteiger partial charge in [0.15, 0.2) is 11.6 Å². The molecule has 1 aromatic rings. The van der Waals surface area contributed by atoms with Crippen LogP contribution < -0.4 is 5.32 Å². The Bertz CT molecular complexity index is 525. The Labute approximate surface area is 123 Å². The number of nitrogens with one attached hydrogen (secondary N) is 1. The first-order chi connectivity index (χ1) is 10.2. The smallest absolute Gasteiger partial charge is 0.257 e. The number of piperidine rings is 1. The SMILES string of the molecule is O=C(c1cccc(F)c1F)N(CC1CCCCN1)C1CC1. The van der Waals surface area contributed by atoms with Gasteiger partial charge in [0.1, 0.15) is 0 Å². The molecule has 1 N–H and O–H groups in total. The highest BCUT2D eigenvalue weighted by Crippen LogP contribution is 2.29. The number of rotatable bonds is 4. The summed E-state index contributed by atoms with van der Waals surface area (Å²) in [6, 6.07) is 4.24. The molecule has 3 rings (SSSR count). The predicted molar refractivity (Wildman–Crippen MR) is 76.1 cm³/mol. The lowest BCUT2D eigenvalue weighted by Crippen LogP contribution is -2.46. The van der Waals surface area contributed by atoms with Gasteiger partial charge < -0.3 is 10.2 Å². The molecule has 114 valence electrons. The molecule has 1 aromatic carbocycles. The van der Waals surface area contributed by atoms with E-state index in [1.54, 1.807) is 4.90 Å².